The lowest BCUT2D eigenvalue weighted by Gasteiger charge is -1.89. The van der Waals surface area contributed by atoms with Crippen molar-refractivity contribution >= 4 is 11.8 Å². The van der Waals surface area contributed by atoms with E-state index >= 15 is 0 Å². The van der Waals surface area contributed by atoms with Crippen LogP contribution in [0, 0.1) is 0 Å². The fourth-order valence-electron chi connectivity index (χ4n) is 0.557. The highest BCUT2D eigenvalue weighted by Crippen LogP contribution is 2.11. The molecule has 0 aliphatic carbocycles. The predicted molar refractivity (Wildman–Crippen MR) is 48.3 cm³/mol. The topological polar surface area (TPSA) is 26.0 Å². The van der Waals surface area contributed by atoms with Gasteiger partial charge < -0.3 is 5.73 Å². The van der Waals surface area contributed by atoms with Gasteiger partial charge in [-0.15, -0.1) is 11.8 Å². The lowest BCUT2D eigenvalue weighted by Crippen LogP contribution is -1.69. The normalized spacial score (nSPS) is 7.90. The summed E-state index contributed by atoms with van der Waals surface area (Å²) in [6, 6.07) is 10.3. The monoisotopic (exact) mass is 155 g/mol. The molecular weight excluding hydrogens is 142 g/mol. The molecule has 0 bridgehead atoms. The molecule has 0 unspecified atom stereocenters. The average molecular weight is 155 g/mol. The molecule has 0 aliphatic rings. The quantitative estimate of drug-likeness (QED) is 0.628. The molecule has 1 aromatic rings. The number of hydrogen-bond donors (Lipinski definition) is 1. The molecule has 10 heavy (non-hydrogen) atoms. The van der Waals surface area contributed by atoms with Gasteiger partial charge in [0.05, 0.1) is 0 Å². The zero-order chi connectivity index (χ0) is 7.82. The summed E-state index contributed by atoms with van der Waals surface area (Å²) >= 11 is 1.77. The van der Waals surface area contributed by atoms with Crippen molar-refractivity contribution in [2.24, 2.45) is 5.73 Å². The average Bonchev–Trinajstić information content (AvgIpc) is 2.10. The lowest BCUT2D eigenvalue weighted by molar-refractivity contribution is 1.47. The first-order chi connectivity index (χ1) is 4.93. The highest BCUT2D eigenvalue weighted by molar-refractivity contribution is 7.98. The third-order valence-electron chi connectivity index (χ3n) is 0.979. The van der Waals surface area contributed by atoms with Gasteiger partial charge >= 0.3 is 0 Å². The number of rotatable bonds is 1. The van der Waals surface area contributed by atoms with Crippen molar-refractivity contribution in [2.45, 2.75) is 4.90 Å². The minimum Gasteiger partial charge on any atom is -0.333 e. The minimum atomic E-state index is 1.33. The first-order valence-corrected chi connectivity index (χ1v) is 4.33. The van der Waals surface area contributed by atoms with Gasteiger partial charge in [0.15, 0.2) is 0 Å². The first-order valence-electron chi connectivity index (χ1n) is 3.10. The number of hydrogen-bond acceptors (Lipinski definition) is 2. The van der Waals surface area contributed by atoms with E-state index in [2.05, 4.69) is 24.1 Å². The van der Waals surface area contributed by atoms with Crippen molar-refractivity contribution in [1.82, 2.24) is 0 Å². The van der Waals surface area contributed by atoms with Crippen molar-refractivity contribution in [3.8, 4) is 0 Å². The fourth-order valence-corrected chi connectivity index (χ4v) is 0.986. The molecule has 0 spiro atoms. The Hall–Kier alpha value is -0.470. The van der Waals surface area contributed by atoms with Gasteiger partial charge in [0.2, 0.25) is 0 Å². The van der Waals surface area contributed by atoms with Gasteiger partial charge in [0.25, 0.3) is 0 Å². The van der Waals surface area contributed by atoms with Crippen LogP contribution in [0.4, 0.5) is 0 Å². The van der Waals surface area contributed by atoms with Crippen LogP contribution in [0.3, 0.4) is 0 Å². The second-order valence-electron chi connectivity index (χ2n) is 1.52. The van der Waals surface area contributed by atoms with Crippen molar-refractivity contribution < 1.29 is 0 Å². The molecule has 0 saturated heterocycles. The summed E-state index contributed by atoms with van der Waals surface area (Å²) in [6.07, 6.45) is 2.08. The van der Waals surface area contributed by atoms with E-state index in [-0.39, 0.29) is 0 Å². The van der Waals surface area contributed by atoms with Crippen LogP contribution in [0.1, 0.15) is 0 Å². The molecule has 0 amide bonds. The smallest absolute Gasteiger partial charge is 0.00691 e. The molecule has 1 aromatic carbocycles. The van der Waals surface area contributed by atoms with Crippen LogP contribution in [-0.2, 0) is 0 Å². The highest BCUT2D eigenvalue weighted by Gasteiger charge is 1.80. The maximum absolute atomic E-state index is 4.50. The van der Waals surface area contributed by atoms with Gasteiger partial charge in [-0.1, -0.05) is 18.2 Å². The van der Waals surface area contributed by atoms with Crippen LogP contribution in [-0.4, -0.2) is 13.3 Å². The van der Waals surface area contributed by atoms with E-state index in [1.807, 2.05) is 18.2 Å². The van der Waals surface area contributed by atoms with Gasteiger partial charge in [-0.25, -0.2) is 0 Å². The molecular formula is C8H13NS. The summed E-state index contributed by atoms with van der Waals surface area (Å²) in [7, 11) is 1.50. The number of thioether (sulfide) groups is 1. The van der Waals surface area contributed by atoms with E-state index in [1.54, 1.807) is 11.8 Å². The molecule has 0 heterocycles. The standard InChI is InChI=1S/C7H8S.CH5N/c1-8-7-5-3-2-4-6-7;1-2/h2-6H,1H3;2H2,1H3. The van der Waals surface area contributed by atoms with Crippen LogP contribution in [0.25, 0.3) is 0 Å². The van der Waals surface area contributed by atoms with Gasteiger partial charge in [0.1, 0.15) is 0 Å². The molecule has 2 heteroatoms. The van der Waals surface area contributed by atoms with E-state index in [4.69, 9.17) is 0 Å². The van der Waals surface area contributed by atoms with Gasteiger partial charge in [0, 0.05) is 4.90 Å². The van der Waals surface area contributed by atoms with Crippen LogP contribution in [0.2, 0.25) is 0 Å². The van der Waals surface area contributed by atoms with Crippen LogP contribution < -0.4 is 5.73 Å². The maximum atomic E-state index is 4.50. The van der Waals surface area contributed by atoms with E-state index in [1.165, 1.54) is 11.9 Å². The van der Waals surface area contributed by atoms with E-state index in [0.29, 0.717) is 0 Å². The summed E-state index contributed by atoms with van der Waals surface area (Å²) in [4.78, 5) is 1.33. The van der Waals surface area contributed by atoms with E-state index in [0.717, 1.165) is 0 Å². The molecule has 0 radical (unpaired) electrons. The summed E-state index contributed by atoms with van der Waals surface area (Å²) in [5.41, 5.74) is 4.50. The van der Waals surface area contributed by atoms with Gasteiger partial charge in [-0.2, -0.15) is 0 Å². The minimum absolute atomic E-state index is 1.33. The van der Waals surface area contributed by atoms with E-state index in [9.17, 15) is 0 Å². The first kappa shape index (κ1) is 9.53. The molecule has 0 aromatic heterocycles. The zero-order valence-corrected chi connectivity index (χ0v) is 7.19. The van der Waals surface area contributed by atoms with Crippen LogP contribution in [0.15, 0.2) is 35.2 Å². The molecule has 0 atom stereocenters. The SMILES string of the molecule is CN.CSc1ccccc1. The van der Waals surface area contributed by atoms with E-state index < -0.39 is 0 Å². The molecule has 0 aliphatic heterocycles. The second kappa shape index (κ2) is 6.65. The summed E-state index contributed by atoms with van der Waals surface area (Å²) in [5, 5.41) is 0. The molecule has 2 N–H and O–H groups in total. The zero-order valence-electron chi connectivity index (χ0n) is 6.37. The van der Waals surface area contributed by atoms with Crippen LogP contribution >= 0.6 is 11.8 Å². The Morgan fingerprint density at radius 1 is 1.10 bits per heavy atom. The summed E-state index contributed by atoms with van der Waals surface area (Å²) < 4.78 is 0. The van der Waals surface area contributed by atoms with Crippen molar-refractivity contribution in [3.05, 3.63) is 30.3 Å². The second-order valence-corrected chi connectivity index (χ2v) is 2.40. The molecule has 1 rings (SSSR count). The Balaban J connectivity index is 0.000000371. The molecule has 0 saturated carbocycles. The third kappa shape index (κ3) is 3.54. The molecule has 56 valence electrons. The Kier molecular flexibility index (Phi) is 6.33. The van der Waals surface area contributed by atoms with Crippen molar-refractivity contribution in [2.75, 3.05) is 13.3 Å². The Morgan fingerprint density at radius 3 is 1.90 bits per heavy atom. The van der Waals surface area contributed by atoms with Gasteiger partial charge in [-0.05, 0) is 25.4 Å². The highest BCUT2D eigenvalue weighted by atomic mass is 32.2. The Morgan fingerprint density at radius 2 is 1.60 bits per heavy atom. The van der Waals surface area contributed by atoms with Crippen molar-refractivity contribution in [3.63, 3.8) is 0 Å². The molecule has 0 fully saturated rings. The number of benzene rings is 1. The van der Waals surface area contributed by atoms with Gasteiger partial charge in [-0.3, -0.25) is 0 Å². The largest absolute Gasteiger partial charge is 0.333 e. The lowest BCUT2D eigenvalue weighted by atomic mass is 10.4. The number of nitrogens with two attached hydrogens (primary N) is 1. The third-order valence-corrected chi connectivity index (χ3v) is 1.72. The molecule has 1 nitrogen and oxygen atoms in total. The Labute approximate surface area is 66.6 Å². The summed E-state index contributed by atoms with van der Waals surface area (Å²) in [6.45, 7) is 0. The Bertz CT molecular complexity index is 151. The maximum Gasteiger partial charge on any atom is 0.00691 e. The fraction of sp³-hybridized carbons (Fsp3) is 0.250. The van der Waals surface area contributed by atoms with Crippen molar-refractivity contribution in [1.29, 1.82) is 0 Å². The van der Waals surface area contributed by atoms with Crippen LogP contribution in [0.5, 0.6) is 0 Å². The summed E-state index contributed by atoms with van der Waals surface area (Å²) in [5.74, 6) is 0. The predicted octanol–water partition coefficient (Wildman–Crippen LogP) is 1.98.